The van der Waals surface area contributed by atoms with Crippen LogP contribution in [0.3, 0.4) is 0 Å². The molecule has 0 saturated heterocycles. The van der Waals surface area contributed by atoms with Gasteiger partial charge in [0.1, 0.15) is 0 Å². The van der Waals surface area contributed by atoms with Crippen LogP contribution in [0.4, 0.5) is 11.4 Å². The molecule has 0 unspecified atom stereocenters. The van der Waals surface area contributed by atoms with Crippen LogP contribution in [-0.4, -0.2) is 0 Å². The van der Waals surface area contributed by atoms with Gasteiger partial charge >= 0.3 is 0 Å². The van der Waals surface area contributed by atoms with Gasteiger partial charge in [-0.3, -0.25) is 0 Å². The van der Waals surface area contributed by atoms with Crippen LogP contribution in [0.5, 0.6) is 0 Å². The van der Waals surface area contributed by atoms with Crippen molar-refractivity contribution in [1.29, 1.82) is 0 Å². The highest BCUT2D eigenvalue weighted by Gasteiger charge is 2.22. The Labute approximate surface area is 176 Å². The third-order valence-corrected chi connectivity index (χ3v) is 5.89. The first-order valence-corrected chi connectivity index (χ1v) is 10.5. The number of hydrogen-bond acceptors (Lipinski definition) is 2. The highest BCUT2D eigenvalue weighted by molar-refractivity contribution is 5.59. The smallest absolute Gasteiger partial charge is 0.0346 e. The molecule has 0 spiro atoms. The predicted molar refractivity (Wildman–Crippen MR) is 127 cm³/mol. The molecule has 0 heterocycles. The molecule has 0 aliphatic carbocycles. The van der Waals surface area contributed by atoms with E-state index in [1.54, 1.807) is 0 Å². The first kappa shape index (κ1) is 21.0. The van der Waals surface area contributed by atoms with Crippen molar-refractivity contribution in [2.24, 2.45) is 5.92 Å². The highest BCUT2D eigenvalue weighted by Crippen LogP contribution is 2.38. The minimum Gasteiger partial charge on any atom is -0.399 e. The quantitative estimate of drug-likeness (QED) is 0.390. The van der Waals surface area contributed by atoms with Crippen LogP contribution in [0.15, 0.2) is 48.5 Å². The van der Waals surface area contributed by atoms with Gasteiger partial charge in [0.2, 0.25) is 0 Å². The van der Waals surface area contributed by atoms with E-state index in [-0.39, 0.29) is 5.92 Å². The lowest BCUT2D eigenvalue weighted by Gasteiger charge is -2.25. The van der Waals surface area contributed by atoms with Crippen molar-refractivity contribution in [2.75, 3.05) is 11.5 Å². The summed E-state index contributed by atoms with van der Waals surface area (Å²) in [6.45, 7) is 13.0. The van der Waals surface area contributed by atoms with Gasteiger partial charge in [-0.1, -0.05) is 50.2 Å². The van der Waals surface area contributed by atoms with Crippen molar-refractivity contribution in [2.45, 2.75) is 53.9 Å². The maximum absolute atomic E-state index is 6.19. The van der Waals surface area contributed by atoms with Crippen LogP contribution >= 0.6 is 0 Å². The monoisotopic (exact) mass is 386 g/mol. The zero-order valence-electron chi connectivity index (χ0n) is 18.6. The van der Waals surface area contributed by atoms with Crippen LogP contribution < -0.4 is 11.5 Å². The molecule has 3 rings (SSSR count). The lowest BCUT2D eigenvalue weighted by Crippen LogP contribution is -2.10. The molecular weight excluding hydrogens is 352 g/mol. The van der Waals surface area contributed by atoms with E-state index in [4.69, 9.17) is 11.5 Å². The summed E-state index contributed by atoms with van der Waals surface area (Å²) in [5.41, 5.74) is 24.1. The number of nitrogen functional groups attached to an aromatic ring is 2. The van der Waals surface area contributed by atoms with E-state index in [1.807, 2.05) is 0 Å². The third kappa shape index (κ3) is 4.48. The van der Waals surface area contributed by atoms with Crippen LogP contribution in [0.25, 0.3) is 0 Å². The van der Waals surface area contributed by atoms with Crippen LogP contribution in [-0.2, 0) is 6.42 Å². The van der Waals surface area contributed by atoms with Gasteiger partial charge < -0.3 is 11.5 Å². The van der Waals surface area contributed by atoms with Gasteiger partial charge in [0.05, 0.1) is 0 Å². The fourth-order valence-corrected chi connectivity index (χ4v) is 4.19. The van der Waals surface area contributed by atoms with Gasteiger partial charge in [0.15, 0.2) is 0 Å². The average molecular weight is 387 g/mol. The summed E-state index contributed by atoms with van der Waals surface area (Å²) < 4.78 is 0. The molecule has 2 nitrogen and oxygen atoms in total. The summed E-state index contributed by atoms with van der Waals surface area (Å²) in [6, 6.07) is 17.8. The Bertz CT molecular complexity index is 956. The number of anilines is 2. The normalized spacial score (nSPS) is 11.4. The Kier molecular flexibility index (Phi) is 6.02. The highest BCUT2D eigenvalue weighted by atomic mass is 14.6. The van der Waals surface area contributed by atoms with Crippen LogP contribution in [0.1, 0.15) is 64.3 Å². The van der Waals surface area contributed by atoms with Gasteiger partial charge in [0, 0.05) is 17.3 Å². The number of rotatable bonds is 5. The topological polar surface area (TPSA) is 52.0 Å². The Morgan fingerprint density at radius 2 is 1.10 bits per heavy atom. The van der Waals surface area contributed by atoms with Crippen molar-refractivity contribution in [1.82, 2.24) is 0 Å². The number of nitrogens with two attached hydrogens (primary N) is 2. The Hall–Kier alpha value is -2.74. The van der Waals surface area contributed by atoms with E-state index < -0.39 is 0 Å². The van der Waals surface area contributed by atoms with Gasteiger partial charge in [-0.2, -0.15) is 0 Å². The summed E-state index contributed by atoms with van der Waals surface area (Å²) in [4.78, 5) is 0. The van der Waals surface area contributed by atoms with E-state index in [1.165, 1.54) is 33.4 Å². The van der Waals surface area contributed by atoms with Crippen LogP contribution in [0.2, 0.25) is 0 Å². The van der Waals surface area contributed by atoms with E-state index in [0.717, 1.165) is 28.9 Å². The summed E-state index contributed by atoms with van der Waals surface area (Å²) in [6.07, 6.45) is 1.10. The minimum absolute atomic E-state index is 0.154. The van der Waals surface area contributed by atoms with Crippen molar-refractivity contribution >= 4 is 11.4 Å². The van der Waals surface area contributed by atoms with Gasteiger partial charge in [-0.05, 0) is 96.7 Å². The number of hydrogen-bond donors (Lipinski definition) is 2. The Morgan fingerprint density at radius 3 is 1.52 bits per heavy atom. The molecule has 0 radical (unpaired) electrons. The van der Waals surface area contributed by atoms with Crippen molar-refractivity contribution in [3.8, 4) is 0 Å². The molecule has 0 atom stereocenters. The molecule has 0 saturated carbocycles. The summed E-state index contributed by atoms with van der Waals surface area (Å²) >= 11 is 0. The maximum Gasteiger partial charge on any atom is 0.0346 e. The molecule has 0 amide bonds. The molecule has 0 fully saturated rings. The average Bonchev–Trinajstić information content (AvgIpc) is 2.64. The van der Waals surface area contributed by atoms with Crippen molar-refractivity contribution < 1.29 is 0 Å². The van der Waals surface area contributed by atoms with Gasteiger partial charge in [0.25, 0.3) is 0 Å². The van der Waals surface area contributed by atoms with E-state index in [0.29, 0.717) is 5.92 Å². The summed E-state index contributed by atoms with van der Waals surface area (Å²) in [5.74, 6) is 0.808. The van der Waals surface area contributed by atoms with Crippen LogP contribution in [0, 0.1) is 33.6 Å². The van der Waals surface area contributed by atoms with Gasteiger partial charge in [-0.15, -0.1) is 0 Å². The molecule has 2 heteroatoms. The Morgan fingerprint density at radius 1 is 0.655 bits per heavy atom. The molecule has 29 heavy (non-hydrogen) atoms. The van der Waals surface area contributed by atoms with E-state index in [2.05, 4.69) is 90.1 Å². The minimum atomic E-state index is 0.154. The second-order valence-corrected chi connectivity index (χ2v) is 8.90. The lowest BCUT2D eigenvalue weighted by atomic mass is 9.79. The molecule has 152 valence electrons. The zero-order chi connectivity index (χ0) is 21.3. The van der Waals surface area contributed by atoms with E-state index in [9.17, 15) is 0 Å². The molecule has 3 aromatic rings. The molecule has 0 aliphatic heterocycles. The number of benzene rings is 3. The number of aryl methyl sites for hydroxylation is 4. The first-order chi connectivity index (χ1) is 13.7. The van der Waals surface area contributed by atoms with Gasteiger partial charge in [-0.25, -0.2) is 0 Å². The molecular formula is C27H34N2. The molecule has 4 N–H and O–H groups in total. The van der Waals surface area contributed by atoms with Crippen molar-refractivity contribution in [3.63, 3.8) is 0 Å². The summed E-state index contributed by atoms with van der Waals surface area (Å²) in [5, 5.41) is 0. The maximum atomic E-state index is 6.19. The SMILES string of the molecule is Cc1cc(C(c2ccc(CC(C)C)cc2)c2cc(C)c(N)cc2C)c(C)cc1N. The summed E-state index contributed by atoms with van der Waals surface area (Å²) in [7, 11) is 0. The fourth-order valence-electron chi connectivity index (χ4n) is 4.19. The largest absolute Gasteiger partial charge is 0.399 e. The fraction of sp³-hybridized carbons (Fsp3) is 0.333. The second-order valence-electron chi connectivity index (χ2n) is 8.90. The lowest BCUT2D eigenvalue weighted by molar-refractivity contribution is 0.647. The van der Waals surface area contributed by atoms with Crippen molar-refractivity contribution in [3.05, 3.63) is 93.0 Å². The predicted octanol–water partition coefficient (Wildman–Crippen LogP) is 6.46. The second kappa shape index (κ2) is 8.32. The standard InChI is InChI=1S/C27H34N2/c1-16(2)11-21-7-9-22(10-8-21)27(23-12-19(5)25(28)14-17(23)3)24-13-20(6)26(29)15-18(24)4/h7-10,12-16,27H,11,28-29H2,1-6H3. The molecule has 0 aliphatic rings. The Balaban J connectivity index is 2.20. The first-order valence-electron chi connectivity index (χ1n) is 10.5. The van der Waals surface area contributed by atoms with E-state index >= 15 is 0 Å². The molecule has 0 bridgehead atoms. The molecule has 0 aromatic heterocycles. The zero-order valence-corrected chi connectivity index (χ0v) is 18.6. The third-order valence-electron chi connectivity index (χ3n) is 5.89. The molecule has 3 aromatic carbocycles.